The minimum atomic E-state index is -1.20. The van der Waals surface area contributed by atoms with Crippen molar-refractivity contribution in [2.45, 2.75) is 115 Å². The molecule has 9 N–H and O–H groups in total. The maximum absolute atomic E-state index is 14.3. The van der Waals surface area contributed by atoms with E-state index in [0.717, 1.165) is 54.1 Å². The molecule has 14 heteroatoms. The number of aromatic amines is 1. The molecule has 2 fully saturated rings. The van der Waals surface area contributed by atoms with Crippen LogP contribution < -0.4 is 37.6 Å². The smallest absolute Gasteiger partial charge is 0.243 e. The van der Waals surface area contributed by atoms with E-state index >= 15 is 0 Å². The van der Waals surface area contributed by atoms with Gasteiger partial charge in [-0.05, 0) is 48.3 Å². The molecule has 0 radical (unpaired) electrons. The number of para-hydroxylation sites is 1. The molecule has 3 aromatic rings. The van der Waals surface area contributed by atoms with Crippen LogP contribution in [0.25, 0.3) is 10.9 Å². The number of nitrogens with one attached hydrogen (secondary N) is 7. The van der Waals surface area contributed by atoms with Crippen LogP contribution in [0.3, 0.4) is 0 Å². The lowest BCUT2D eigenvalue weighted by atomic mass is 9.84. The number of primary amides is 1. The van der Waals surface area contributed by atoms with E-state index in [9.17, 15) is 28.8 Å². The summed E-state index contributed by atoms with van der Waals surface area (Å²) < 4.78 is 0. The third-order valence-corrected chi connectivity index (χ3v) is 10.7. The van der Waals surface area contributed by atoms with Gasteiger partial charge in [0.15, 0.2) is 0 Å². The summed E-state index contributed by atoms with van der Waals surface area (Å²) in [6.07, 6.45) is 8.07. The first-order valence-corrected chi connectivity index (χ1v) is 20.0. The highest BCUT2D eigenvalue weighted by atomic mass is 16.2. The number of aromatic nitrogens is 1. The number of benzene rings is 2. The van der Waals surface area contributed by atoms with Crippen LogP contribution in [-0.2, 0) is 41.6 Å². The summed E-state index contributed by atoms with van der Waals surface area (Å²) in [5.41, 5.74) is 7.88. The second-order valence-corrected chi connectivity index (χ2v) is 15.8. The van der Waals surface area contributed by atoms with Crippen LogP contribution in [0.2, 0.25) is 0 Å². The first-order valence-electron chi connectivity index (χ1n) is 20.0. The lowest BCUT2D eigenvalue weighted by Crippen LogP contribution is -2.60. The Balaban J connectivity index is 1.49. The Morgan fingerprint density at radius 3 is 2.11 bits per heavy atom. The maximum Gasteiger partial charge on any atom is 0.243 e. The van der Waals surface area contributed by atoms with Crippen molar-refractivity contribution in [3.63, 3.8) is 0 Å². The Bertz CT molecular complexity index is 1810. The molecule has 1 aliphatic carbocycles. The largest absolute Gasteiger partial charge is 0.370 e. The van der Waals surface area contributed by atoms with Gasteiger partial charge in [-0.1, -0.05) is 94.5 Å². The third-order valence-electron chi connectivity index (χ3n) is 10.7. The average Bonchev–Trinajstić information content (AvgIpc) is 3.59. The van der Waals surface area contributed by atoms with Crippen molar-refractivity contribution in [1.82, 2.24) is 36.9 Å². The van der Waals surface area contributed by atoms with Crippen LogP contribution in [0.15, 0.2) is 60.8 Å². The fraction of sp³-hybridized carbons (Fsp3) is 0.524. The number of carbonyl (C=O) groups excluding carboxylic acids is 6. The molecule has 2 aromatic carbocycles. The summed E-state index contributed by atoms with van der Waals surface area (Å²) in [6, 6.07) is 12.2. The van der Waals surface area contributed by atoms with E-state index in [-0.39, 0.29) is 50.7 Å². The van der Waals surface area contributed by atoms with E-state index < -0.39 is 59.6 Å². The summed E-state index contributed by atoms with van der Waals surface area (Å²) in [4.78, 5) is 85.1. The van der Waals surface area contributed by atoms with Gasteiger partial charge >= 0.3 is 0 Å². The number of nitrogens with two attached hydrogens (primary N) is 1. The zero-order valence-electron chi connectivity index (χ0n) is 32.5. The van der Waals surface area contributed by atoms with Gasteiger partial charge in [-0.3, -0.25) is 28.8 Å². The predicted octanol–water partition coefficient (Wildman–Crippen LogP) is 2.26. The molecule has 5 atom stereocenters. The fourth-order valence-electron chi connectivity index (χ4n) is 7.82. The molecule has 0 spiro atoms. The molecule has 2 aliphatic rings. The van der Waals surface area contributed by atoms with Gasteiger partial charge in [0.25, 0.3) is 0 Å². The van der Waals surface area contributed by atoms with E-state index in [1.807, 2.05) is 68.4 Å². The highest BCUT2D eigenvalue weighted by molar-refractivity contribution is 5.96. The van der Waals surface area contributed by atoms with Gasteiger partial charge in [0.1, 0.15) is 18.1 Å². The van der Waals surface area contributed by atoms with Crippen LogP contribution in [-0.4, -0.2) is 83.7 Å². The number of rotatable bonds is 11. The third kappa shape index (κ3) is 12.7. The highest BCUT2D eigenvalue weighted by Gasteiger charge is 2.33. The number of fused-ring (bicyclic) bond motifs is 1. The Morgan fingerprint density at radius 1 is 0.750 bits per heavy atom. The number of H-pyrrole nitrogens is 1. The molecule has 1 saturated carbocycles. The average molecular weight is 771 g/mol. The van der Waals surface area contributed by atoms with Gasteiger partial charge in [0.2, 0.25) is 35.4 Å². The highest BCUT2D eigenvalue weighted by Crippen LogP contribution is 2.28. The maximum atomic E-state index is 14.3. The van der Waals surface area contributed by atoms with Crippen molar-refractivity contribution in [2.75, 3.05) is 13.1 Å². The van der Waals surface area contributed by atoms with Crippen molar-refractivity contribution in [2.24, 2.45) is 17.6 Å². The van der Waals surface area contributed by atoms with Crippen LogP contribution >= 0.6 is 0 Å². The summed E-state index contributed by atoms with van der Waals surface area (Å²) in [5.74, 6) is -2.81. The molecule has 56 heavy (non-hydrogen) atoms. The molecule has 0 bridgehead atoms. The Morgan fingerprint density at radius 2 is 1.39 bits per heavy atom. The van der Waals surface area contributed by atoms with Crippen molar-refractivity contribution in [3.05, 3.63) is 71.9 Å². The zero-order valence-corrected chi connectivity index (χ0v) is 32.5. The van der Waals surface area contributed by atoms with Crippen LogP contribution in [0.4, 0.5) is 0 Å². The van der Waals surface area contributed by atoms with Gasteiger partial charge < -0.3 is 42.6 Å². The van der Waals surface area contributed by atoms with Crippen molar-refractivity contribution < 1.29 is 28.8 Å². The minimum absolute atomic E-state index is 0.0449. The van der Waals surface area contributed by atoms with E-state index in [1.165, 1.54) is 0 Å². The van der Waals surface area contributed by atoms with Gasteiger partial charge in [-0.2, -0.15) is 0 Å². The van der Waals surface area contributed by atoms with Crippen molar-refractivity contribution >= 4 is 46.3 Å². The first-order chi connectivity index (χ1) is 26.9. The molecule has 2 heterocycles. The number of carbonyl (C=O) groups is 6. The number of amides is 6. The van der Waals surface area contributed by atoms with E-state index in [2.05, 4.69) is 36.9 Å². The molecular weight excluding hydrogens is 713 g/mol. The molecule has 14 nitrogen and oxygen atoms in total. The second kappa shape index (κ2) is 20.6. The van der Waals surface area contributed by atoms with E-state index in [4.69, 9.17) is 5.73 Å². The lowest BCUT2D eigenvalue weighted by Gasteiger charge is -2.30. The summed E-state index contributed by atoms with van der Waals surface area (Å²) in [6.45, 7) is 4.03. The predicted molar refractivity (Wildman–Crippen MR) is 214 cm³/mol. The Labute approximate surface area is 328 Å². The zero-order chi connectivity index (χ0) is 40.0. The molecule has 6 amide bonds. The summed E-state index contributed by atoms with van der Waals surface area (Å²) in [5, 5.41) is 18.6. The SMILES string of the molecule is CC(C)C[C@H]1CN[C@@H](CC2CCCCC2)C(=O)N[C@@H](CCC(N)=O)C(=O)N[C@@H](Cc2c[nH]c3ccccc23)C(=O)N[C@@H](Cc2ccccc2)C(=O)NCC(=O)N1. The molecule has 1 aromatic heterocycles. The Kier molecular flexibility index (Phi) is 15.4. The molecule has 1 aliphatic heterocycles. The van der Waals surface area contributed by atoms with Gasteiger partial charge in [-0.15, -0.1) is 0 Å². The van der Waals surface area contributed by atoms with Crippen LogP contribution in [0, 0.1) is 11.8 Å². The quantitative estimate of drug-likeness (QED) is 0.145. The van der Waals surface area contributed by atoms with Gasteiger partial charge in [0, 0.05) is 48.9 Å². The number of hydrogen-bond acceptors (Lipinski definition) is 7. The van der Waals surface area contributed by atoms with Crippen molar-refractivity contribution in [3.8, 4) is 0 Å². The standard InChI is InChI=1S/C42H58N8O6/c1-26(2)19-30-24-45-34(20-27-11-5-3-6-12-27)41(55)48-33(17-18-37(43)51)40(54)50-36(22-29-23-44-32-16-10-9-15-31(29)32)42(56)49-35(21-28-13-7-4-8-14-28)39(53)46-25-38(52)47-30/h4,7-10,13-16,23,26-27,30,33-36,44-45H,3,5-6,11-12,17-22,24-25H2,1-2H3,(H2,43,51)(H,46,53)(H,47,52)(H,48,55)(H,49,56)(H,50,54)/t30-,33-,34-,35-,36-/m0/s1. The van der Waals surface area contributed by atoms with Gasteiger partial charge in [-0.25, -0.2) is 0 Å². The Hall–Kier alpha value is -5.24. The minimum Gasteiger partial charge on any atom is -0.370 e. The van der Waals surface area contributed by atoms with Crippen LogP contribution in [0.1, 0.15) is 82.8 Å². The topological polar surface area (TPSA) is 216 Å². The first kappa shape index (κ1) is 41.9. The van der Waals surface area contributed by atoms with Crippen molar-refractivity contribution in [1.29, 1.82) is 0 Å². The summed E-state index contributed by atoms with van der Waals surface area (Å²) >= 11 is 0. The molecule has 302 valence electrons. The lowest BCUT2D eigenvalue weighted by molar-refractivity contribution is -0.134. The monoisotopic (exact) mass is 770 g/mol. The van der Waals surface area contributed by atoms with Crippen LogP contribution in [0.5, 0.6) is 0 Å². The van der Waals surface area contributed by atoms with E-state index in [0.29, 0.717) is 18.8 Å². The second-order valence-electron chi connectivity index (χ2n) is 15.8. The molecular formula is C42H58N8O6. The molecule has 0 unspecified atom stereocenters. The van der Waals surface area contributed by atoms with Gasteiger partial charge in [0.05, 0.1) is 12.6 Å². The molecule has 1 saturated heterocycles. The normalized spacial score (nSPS) is 24.0. The molecule has 5 rings (SSSR count). The van der Waals surface area contributed by atoms with E-state index in [1.54, 1.807) is 6.20 Å². The fourth-order valence-corrected chi connectivity index (χ4v) is 7.82. The number of hydrogen-bond donors (Lipinski definition) is 8. The summed E-state index contributed by atoms with van der Waals surface area (Å²) in [7, 11) is 0.